The van der Waals surface area contributed by atoms with Gasteiger partial charge in [0.05, 0.1) is 11.4 Å². The molecule has 5 N–H and O–H groups in total. The number of benzene rings is 2. The van der Waals surface area contributed by atoms with E-state index in [0.29, 0.717) is 16.3 Å². The second-order valence-corrected chi connectivity index (χ2v) is 5.52. The van der Waals surface area contributed by atoms with Crippen molar-refractivity contribution in [1.82, 2.24) is 5.32 Å². The lowest BCUT2D eigenvalue weighted by molar-refractivity contribution is -0.113. The van der Waals surface area contributed by atoms with Crippen LogP contribution in [0, 0.1) is 5.41 Å². The second-order valence-electron chi connectivity index (χ2n) is 4.64. The third kappa shape index (κ3) is 4.87. The van der Waals surface area contributed by atoms with Crippen molar-refractivity contribution in [3.63, 3.8) is 0 Å². The normalized spacial score (nSPS) is 10.8. The number of nitrogens with zero attached hydrogens (tertiary/aromatic N) is 1. The summed E-state index contributed by atoms with van der Waals surface area (Å²) in [4.78, 5) is 12.2. The number of amides is 1. The van der Waals surface area contributed by atoms with Crippen molar-refractivity contribution in [1.29, 1.82) is 5.41 Å². The molecule has 0 fully saturated rings. The molecule has 6 nitrogen and oxygen atoms in total. The van der Waals surface area contributed by atoms with Gasteiger partial charge < -0.3 is 5.73 Å². The molecule has 0 aromatic heterocycles. The summed E-state index contributed by atoms with van der Waals surface area (Å²) in [5, 5.41) is 14.8. The van der Waals surface area contributed by atoms with Gasteiger partial charge >= 0.3 is 0 Å². The van der Waals surface area contributed by atoms with Gasteiger partial charge in [0.1, 0.15) is 0 Å². The number of nitrogens with one attached hydrogen (secondary N) is 3. The highest BCUT2D eigenvalue weighted by Gasteiger charge is 2.19. The number of hydrogen-bond donors (Lipinski definition) is 4. The molecule has 0 unspecified atom stereocenters. The summed E-state index contributed by atoms with van der Waals surface area (Å²) in [6, 6.07) is 15.5. The molecule has 24 heavy (non-hydrogen) atoms. The Hall–Kier alpha value is -2.77. The Bertz CT molecular complexity index is 807. The van der Waals surface area contributed by atoms with E-state index in [4.69, 9.17) is 22.7 Å². The standard InChI is InChI=1S/C16H14ClN5OS/c17-11-7-4-8-12(9-11)21-22-14(15(23)20-16(19)24)13(18)10-5-2-1-3-6-10/h1-9,18,21H,(H3,19,20,23,24). The van der Waals surface area contributed by atoms with Gasteiger partial charge in [0.15, 0.2) is 10.8 Å². The average molecular weight is 360 g/mol. The van der Waals surface area contributed by atoms with E-state index < -0.39 is 5.91 Å². The van der Waals surface area contributed by atoms with E-state index in [1.54, 1.807) is 48.5 Å². The maximum atomic E-state index is 12.2. The van der Waals surface area contributed by atoms with Crippen LogP contribution in [0.4, 0.5) is 5.69 Å². The van der Waals surface area contributed by atoms with Gasteiger partial charge in [-0.3, -0.25) is 20.9 Å². The number of carbonyl (C=O) groups is 1. The molecule has 0 aliphatic heterocycles. The van der Waals surface area contributed by atoms with Gasteiger partial charge in [0, 0.05) is 10.6 Å². The van der Waals surface area contributed by atoms with Crippen LogP contribution in [0.15, 0.2) is 59.7 Å². The zero-order chi connectivity index (χ0) is 17.5. The van der Waals surface area contributed by atoms with Crippen molar-refractivity contribution < 1.29 is 4.79 Å². The van der Waals surface area contributed by atoms with Gasteiger partial charge in [-0.05, 0) is 30.4 Å². The number of thiocarbonyl (C=S) groups is 1. The maximum absolute atomic E-state index is 12.2. The van der Waals surface area contributed by atoms with Gasteiger partial charge in [-0.15, -0.1) is 0 Å². The number of carbonyl (C=O) groups excluding carboxylic acids is 1. The third-order valence-electron chi connectivity index (χ3n) is 2.87. The van der Waals surface area contributed by atoms with Crippen molar-refractivity contribution in [3.05, 3.63) is 65.2 Å². The van der Waals surface area contributed by atoms with Crippen LogP contribution in [-0.2, 0) is 4.79 Å². The molecule has 0 aliphatic rings. The van der Waals surface area contributed by atoms with E-state index in [1.807, 2.05) is 6.07 Å². The SMILES string of the molecule is N=C(C(=NNc1cccc(Cl)c1)C(=O)NC(N)=S)c1ccccc1. The van der Waals surface area contributed by atoms with Gasteiger partial charge in [0.25, 0.3) is 5.91 Å². The van der Waals surface area contributed by atoms with E-state index in [9.17, 15) is 4.79 Å². The molecule has 2 aromatic rings. The van der Waals surface area contributed by atoms with Crippen molar-refractivity contribution >= 4 is 51.9 Å². The smallest absolute Gasteiger partial charge is 0.280 e. The fourth-order valence-corrected chi connectivity index (χ4v) is 2.09. The fraction of sp³-hybridized carbons (Fsp3) is 0. The number of nitrogens with two attached hydrogens (primary N) is 1. The Kier molecular flexibility index (Phi) is 6.00. The fourth-order valence-electron chi connectivity index (χ4n) is 1.81. The number of hydrazone groups is 1. The van der Waals surface area contributed by atoms with Crippen LogP contribution >= 0.6 is 23.8 Å². The zero-order valence-corrected chi connectivity index (χ0v) is 14.0. The molecule has 0 saturated carbocycles. The molecule has 2 rings (SSSR count). The Labute approximate surface area is 149 Å². The van der Waals surface area contributed by atoms with Crippen molar-refractivity contribution in [2.45, 2.75) is 0 Å². The highest BCUT2D eigenvalue weighted by Crippen LogP contribution is 2.15. The minimum absolute atomic E-state index is 0.0705. The van der Waals surface area contributed by atoms with Gasteiger partial charge in [0.2, 0.25) is 0 Å². The minimum atomic E-state index is -0.675. The van der Waals surface area contributed by atoms with Gasteiger partial charge in [-0.25, -0.2) is 0 Å². The Morgan fingerprint density at radius 3 is 2.50 bits per heavy atom. The lowest BCUT2D eigenvalue weighted by atomic mass is 10.1. The largest absolute Gasteiger partial charge is 0.376 e. The van der Waals surface area contributed by atoms with Crippen LogP contribution in [0.1, 0.15) is 5.56 Å². The van der Waals surface area contributed by atoms with Crippen LogP contribution < -0.4 is 16.5 Å². The zero-order valence-electron chi connectivity index (χ0n) is 12.4. The summed E-state index contributed by atoms with van der Waals surface area (Å²) in [6.07, 6.45) is 0. The lowest BCUT2D eigenvalue weighted by Gasteiger charge is -2.09. The highest BCUT2D eigenvalue weighted by molar-refractivity contribution is 7.80. The summed E-state index contributed by atoms with van der Waals surface area (Å²) in [5.74, 6) is -0.675. The quantitative estimate of drug-likeness (QED) is 0.374. The summed E-state index contributed by atoms with van der Waals surface area (Å²) in [6.45, 7) is 0. The summed E-state index contributed by atoms with van der Waals surface area (Å²) >= 11 is 10.6. The molecule has 0 heterocycles. The Balaban J connectivity index is 2.31. The van der Waals surface area contributed by atoms with Gasteiger partial charge in [-0.2, -0.15) is 5.10 Å². The highest BCUT2D eigenvalue weighted by atomic mass is 35.5. The predicted molar refractivity (Wildman–Crippen MR) is 101 cm³/mol. The lowest BCUT2D eigenvalue weighted by Crippen LogP contribution is -2.42. The second kappa shape index (κ2) is 8.19. The average Bonchev–Trinajstić information content (AvgIpc) is 2.55. The first-order valence-corrected chi connectivity index (χ1v) is 7.60. The number of hydrogen-bond acceptors (Lipinski definition) is 5. The van der Waals surface area contributed by atoms with E-state index in [-0.39, 0.29) is 16.5 Å². The first-order chi connectivity index (χ1) is 11.5. The third-order valence-corrected chi connectivity index (χ3v) is 3.21. The van der Waals surface area contributed by atoms with Crippen LogP contribution in [0.2, 0.25) is 5.02 Å². The predicted octanol–water partition coefficient (Wildman–Crippen LogP) is 2.54. The molecule has 0 bridgehead atoms. The minimum Gasteiger partial charge on any atom is -0.376 e. The van der Waals surface area contributed by atoms with Crippen molar-refractivity contribution in [3.8, 4) is 0 Å². The Morgan fingerprint density at radius 1 is 1.17 bits per heavy atom. The molecule has 0 spiro atoms. The molecule has 2 aromatic carbocycles. The van der Waals surface area contributed by atoms with Crippen molar-refractivity contribution in [2.75, 3.05) is 5.43 Å². The monoisotopic (exact) mass is 359 g/mol. The number of anilines is 1. The topological polar surface area (TPSA) is 103 Å². The van der Waals surface area contributed by atoms with E-state index in [0.717, 1.165) is 0 Å². The van der Waals surface area contributed by atoms with E-state index in [2.05, 4.69) is 28.1 Å². The molecule has 0 atom stereocenters. The van der Waals surface area contributed by atoms with E-state index >= 15 is 0 Å². The van der Waals surface area contributed by atoms with E-state index in [1.165, 1.54) is 0 Å². The summed E-state index contributed by atoms with van der Waals surface area (Å²) in [5.41, 5.74) is 8.92. The number of rotatable bonds is 5. The molecular weight excluding hydrogens is 346 g/mol. The first kappa shape index (κ1) is 17.6. The number of halogens is 1. The Morgan fingerprint density at radius 2 is 1.88 bits per heavy atom. The molecule has 8 heteroatoms. The molecule has 122 valence electrons. The van der Waals surface area contributed by atoms with Crippen LogP contribution in [-0.4, -0.2) is 22.4 Å². The summed E-state index contributed by atoms with van der Waals surface area (Å²) < 4.78 is 0. The van der Waals surface area contributed by atoms with Crippen LogP contribution in [0.25, 0.3) is 0 Å². The van der Waals surface area contributed by atoms with Gasteiger partial charge in [-0.1, -0.05) is 48.0 Å². The molecule has 0 aliphatic carbocycles. The molecule has 0 radical (unpaired) electrons. The maximum Gasteiger partial charge on any atom is 0.280 e. The molecule has 0 saturated heterocycles. The molecular formula is C16H14ClN5OS. The molecule has 1 amide bonds. The van der Waals surface area contributed by atoms with Crippen molar-refractivity contribution in [2.24, 2.45) is 10.8 Å². The van der Waals surface area contributed by atoms with Crippen LogP contribution in [0.3, 0.4) is 0 Å². The first-order valence-electron chi connectivity index (χ1n) is 6.82. The van der Waals surface area contributed by atoms with Crippen LogP contribution in [0.5, 0.6) is 0 Å². The summed E-state index contributed by atoms with van der Waals surface area (Å²) in [7, 11) is 0.